The molecule has 8 rings (SSSR count). The largest absolute Gasteiger partial charge is 0.496 e. The second-order valence-electron chi connectivity index (χ2n) is 17.3. The second-order valence-corrected chi connectivity index (χ2v) is 17.9. The van der Waals surface area contributed by atoms with E-state index in [1.54, 1.807) is 39.8 Å². The fraction of sp³-hybridized carbons (Fsp3) is 0.575. The summed E-state index contributed by atoms with van der Waals surface area (Å²) in [7, 11) is 1.42. The second kappa shape index (κ2) is 10.8. The van der Waals surface area contributed by atoms with Gasteiger partial charge >= 0.3 is 23.9 Å². The average Bonchev–Trinajstić information content (AvgIpc) is 3.56. The van der Waals surface area contributed by atoms with Crippen LogP contribution in [0, 0.1) is 21.7 Å². The molecule has 2 aromatic carbocycles. The molecule has 3 aliphatic heterocycles. The fourth-order valence-corrected chi connectivity index (χ4v) is 9.99. The van der Waals surface area contributed by atoms with Crippen LogP contribution < -0.4 is 14.9 Å². The van der Waals surface area contributed by atoms with Gasteiger partial charge in [0.2, 0.25) is 16.6 Å². The molecule has 3 aromatic rings. The van der Waals surface area contributed by atoms with Crippen molar-refractivity contribution in [3.05, 3.63) is 45.6 Å². The number of fused-ring (bicyclic) bond motifs is 8. The molecule has 13 heteroatoms. The van der Waals surface area contributed by atoms with Crippen molar-refractivity contribution in [2.24, 2.45) is 21.7 Å². The third-order valence-electron chi connectivity index (χ3n) is 14.3. The van der Waals surface area contributed by atoms with Crippen LogP contribution in [-0.2, 0) is 43.5 Å². The standard InChI is InChI=1S/C40H43BrO12/c1-34(2)29(50-33(46)40-15-13-38(8,31(44)53-40)36(40,5)6)28(49-32(45)39-14-12-37(7,30(43)52-39)35(39,3)4)25-23(51-34)17-22(47-9)24-26(42)20-16-19(18-41)10-11-21(20)48-27(24)25/h10-11,16-17,28-29H,12-15,18H2,1-9H3/t28-,29-,37+,38+,39-,40-/m1/s1. The van der Waals surface area contributed by atoms with Crippen LogP contribution in [0.1, 0.15) is 98.3 Å². The maximum absolute atomic E-state index is 14.8. The van der Waals surface area contributed by atoms with Crippen molar-refractivity contribution in [1.29, 1.82) is 0 Å². The number of carbonyl (C=O) groups is 4. The molecule has 2 saturated heterocycles. The van der Waals surface area contributed by atoms with Crippen LogP contribution >= 0.6 is 15.9 Å². The Morgan fingerprint density at radius 1 is 0.792 bits per heavy atom. The van der Waals surface area contributed by atoms with Crippen molar-refractivity contribution in [3.8, 4) is 11.5 Å². The van der Waals surface area contributed by atoms with E-state index in [2.05, 4.69) is 15.9 Å². The molecule has 2 aliphatic carbocycles. The Balaban J connectivity index is 1.33. The van der Waals surface area contributed by atoms with Crippen molar-refractivity contribution >= 4 is 61.7 Å². The first-order valence-electron chi connectivity index (χ1n) is 17.9. The molecular weight excluding hydrogens is 752 g/mol. The van der Waals surface area contributed by atoms with E-state index in [4.69, 9.17) is 32.8 Å². The summed E-state index contributed by atoms with van der Waals surface area (Å²) in [4.78, 5) is 70.1. The van der Waals surface area contributed by atoms with Gasteiger partial charge in [0.1, 0.15) is 28.1 Å². The smallest absolute Gasteiger partial charge is 0.351 e. The molecule has 0 spiro atoms. The maximum Gasteiger partial charge on any atom is 0.351 e. The number of ether oxygens (including phenoxy) is 6. The van der Waals surface area contributed by atoms with E-state index in [1.807, 2.05) is 33.8 Å². The van der Waals surface area contributed by atoms with Crippen LogP contribution in [0.15, 0.2) is 33.5 Å². The fourth-order valence-electron chi connectivity index (χ4n) is 9.64. The molecule has 0 radical (unpaired) electrons. The van der Waals surface area contributed by atoms with Crippen molar-refractivity contribution < 1.29 is 52.0 Å². The number of hydrogen-bond donors (Lipinski definition) is 0. The minimum Gasteiger partial charge on any atom is -0.496 e. The minimum absolute atomic E-state index is 0.00783. The molecule has 4 fully saturated rings. The molecule has 0 amide bonds. The summed E-state index contributed by atoms with van der Waals surface area (Å²) in [6, 6.07) is 6.74. The van der Waals surface area contributed by atoms with Gasteiger partial charge < -0.3 is 32.8 Å². The Labute approximate surface area is 314 Å². The van der Waals surface area contributed by atoms with Crippen LogP contribution in [0.5, 0.6) is 11.5 Å². The Kier molecular flexibility index (Phi) is 7.28. The van der Waals surface area contributed by atoms with Gasteiger partial charge in [-0.2, -0.15) is 0 Å². The van der Waals surface area contributed by atoms with Crippen molar-refractivity contribution in [2.45, 2.75) is 115 Å². The van der Waals surface area contributed by atoms with Gasteiger partial charge in [0, 0.05) is 22.2 Å². The zero-order valence-electron chi connectivity index (χ0n) is 31.3. The first-order chi connectivity index (χ1) is 24.7. The number of esters is 4. The zero-order chi connectivity index (χ0) is 38.5. The van der Waals surface area contributed by atoms with Gasteiger partial charge in [0.15, 0.2) is 17.8 Å². The Morgan fingerprint density at radius 2 is 1.36 bits per heavy atom. The lowest BCUT2D eigenvalue weighted by atomic mass is 9.66. The first kappa shape index (κ1) is 35.9. The quantitative estimate of drug-likeness (QED) is 0.112. The van der Waals surface area contributed by atoms with Gasteiger partial charge in [0.05, 0.1) is 28.9 Å². The molecule has 6 atom stereocenters. The number of methoxy groups -OCH3 is 1. The van der Waals surface area contributed by atoms with E-state index in [0.717, 1.165) is 5.56 Å². The highest BCUT2D eigenvalue weighted by Gasteiger charge is 2.78. The monoisotopic (exact) mass is 794 g/mol. The molecule has 53 heavy (non-hydrogen) atoms. The molecule has 4 heterocycles. The Hall–Kier alpha value is -4.13. The number of hydrogen-bond acceptors (Lipinski definition) is 12. The van der Waals surface area contributed by atoms with Crippen molar-refractivity contribution in [2.75, 3.05) is 7.11 Å². The average molecular weight is 796 g/mol. The maximum atomic E-state index is 14.8. The van der Waals surface area contributed by atoms with Crippen LogP contribution in [0.2, 0.25) is 0 Å². The van der Waals surface area contributed by atoms with Crippen LogP contribution in [0.3, 0.4) is 0 Å². The van der Waals surface area contributed by atoms with Gasteiger partial charge in [-0.05, 0) is 71.1 Å². The highest BCUT2D eigenvalue weighted by atomic mass is 79.9. The van der Waals surface area contributed by atoms with Crippen LogP contribution in [0.25, 0.3) is 21.9 Å². The van der Waals surface area contributed by atoms with Crippen molar-refractivity contribution in [3.63, 3.8) is 0 Å². The molecule has 282 valence electrons. The SMILES string of the molecule is COc1cc2c(c3oc4ccc(CBr)cc4c(=O)c13)[C@@H](OC(=O)[C@@]13CC[C@@](C)(C(=O)O1)C3(C)C)[C@@H](OC(=O)[C@@]13CC[C@@](C)(C(=O)O1)C3(C)C)C(C)(C)O2. The number of halogens is 1. The molecule has 2 saturated carbocycles. The van der Waals surface area contributed by atoms with Gasteiger partial charge in [-0.3, -0.25) is 14.4 Å². The number of benzene rings is 2. The molecule has 0 unspecified atom stereocenters. The predicted octanol–water partition coefficient (Wildman–Crippen LogP) is 6.76. The summed E-state index contributed by atoms with van der Waals surface area (Å²) in [6.07, 6.45) is -1.56. The van der Waals surface area contributed by atoms with E-state index in [-0.39, 0.29) is 46.5 Å². The van der Waals surface area contributed by atoms with Gasteiger partial charge in [-0.1, -0.05) is 49.7 Å². The lowest BCUT2D eigenvalue weighted by molar-refractivity contribution is -0.217. The lowest BCUT2D eigenvalue weighted by Gasteiger charge is -2.46. The summed E-state index contributed by atoms with van der Waals surface area (Å²) < 4.78 is 43.5. The summed E-state index contributed by atoms with van der Waals surface area (Å²) in [5, 5.41) is 0.873. The van der Waals surface area contributed by atoms with E-state index >= 15 is 0 Å². The third kappa shape index (κ3) is 4.15. The molecule has 12 nitrogen and oxygen atoms in total. The van der Waals surface area contributed by atoms with Gasteiger partial charge in [-0.15, -0.1) is 0 Å². The molecule has 4 bridgehead atoms. The number of alkyl halides is 1. The highest BCUT2D eigenvalue weighted by Crippen LogP contribution is 2.68. The predicted molar refractivity (Wildman–Crippen MR) is 192 cm³/mol. The summed E-state index contributed by atoms with van der Waals surface area (Å²) in [6.45, 7) is 14.2. The van der Waals surface area contributed by atoms with Gasteiger partial charge in [0.25, 0.3) is 0 Å². The minimum atomic E-state index is -1.65. The summed E-state index contributed by atoms with van der Waals surface area (Å²) in [5.41, 5.74) is -7.55. The van der Waals surface area contributed by atoms with E-state index < -0.39 is 80.0 Å². The van der Waals surface area contributed by atoms with Crippen LogP contribution in [-0.4, -0.2) is 53.9 Å². The topological polar surface area (TPSA) is 154 Å². The first-order valence-corrected chi connectivity index (χ1v) is 19.0. The molecular formula is C40H43BrO12. The molecule has 0 N–H and O–H groups in total. The summed E-state index contributed by atoms with van der Waals surface area (Å²) >= 11 is 3.44. The lowest BCUT2D eigenvalue weighted by Crippen LogP contribution is -2.57. The molecule has 5 aliphatic rings. The number of carbonyl (C=O) groups excluding carboxylic acids is 4. The molecule has 1 aromatic heterocycles. The Bertz CT molecular complexity index is 2250. The normalized spacial score (nSPS) is 34.0. The number of rotatable bonds is 6. The van der Waals surface area contributed by atoms with E-state index in [0.29, 0.717) is 23.6 Å². The summed E-state index contributed by atoms with van der Waals surface area (Å²) in [5.74, 6) is -2.30. The van der Waals surface area contributed by atoms with Crippen LogP contribution in [0.4, 0.5) is 0 Å². The third-order valence-corrected chi connectivity index (χ3v) is 14.9. The highest BCUT2D eigenvalue weighted by molar-refractivity contribution is 9.08. The Morgan fingerprint density at radius 3 is 1.85 bits per heavy atom. The van der Waals surface area contributed by atoms with Gasteiger partial charge in [-0.25, -0.2) is 9.59 Å². The van der Waals surface area contributed by atoms with E-state index in [1.165, 1.54) is 13.2 Å². The van der Waals surface area contributed by atoms with E-state index in [9.17, 15) is 24.0 Å². The zero-order valence-corrected chi connectivity index (χ0v) is 32.9. The van der Waals surface area contributed by atoms with Crippen molar-refractivity contribution in [1.82, 2.24) is 0 Å².